The molecule has 0 fully saturated rings. The van der Waals surface area contributed by atoms with Crippen LogP contribution in [0.1, 0.15) is 38.1 Å². The van der Waals surface area contributed by atoms with E-state index in [2.05, 4.69) is 25.4 Å². The Morgan fingerprint density at radius 3 is 2.75 bits per heavy atom. The third kappa shape index (κ3) is 3.75. The number of carbonyl (C=O) groups is 1. The summed E-state index contributed by atoms with van der Waals surface area (Å²) in [7, 11) is 0. The normalized spacial score (nSPS) is 17.7. The van der Waals surface area contributed by atoms with E-state index in [1.807, 2.05) is 45.0 Å². The Labute approximate surface area is 142 Å². The molecule has 0 spiro atoms. The van der Waals surface area contributed by atoms with E-state index in [1.54, 1.807) is 6.33 Å². The Balaban J connectivity index is 1.59. The number of anilines is 1. The van der Waals surface area contributed by atoms with E-state index in [0.29, 0.717) is 0 Å². The van der Waals surface area contributed by atoms with E-state index >= 15 is 0 Å². The monoisotopic (exact) mass is 327 g/mol. The maximum absolute atomic E-state index is 12.7. The van der Waals surface area contributed by atoms with Crippen molar-refractivity contribution in [1.82, 2.24) is 20.1 Å². The molecule has 3 rings (SSSR count). The highest BCUT2D eigenvalue weighted by Crippen LogP contribution is 2.18. The highest BCUT2D eigenvalue weighted by molar-refractivity contribution is 5.88. The lowest BCUT2D eigenvalue weighted by atomic mass is 10.0. The first kappa shape index (κ1) is 16.5. The minimum Gasteiger partial charge on any atom is -0.372 e. The van der Waals surface area contributed by atoms with Crippen LogP contribution < -0.4 is 10.6 Å². The zero-order valence-electron chi connectivity index (χ0n) is 14.5. The van der Waals surface area contributed by atoms with Crippen molar-refractivity contribution in [2.75, 3.05) is 5.32 Å². The molecule has 24 heavy (non-hydrogen) atoms. The molecule has 1 amide bonds. The molecule has 1 aliphatic heterocycles. The second-order valence-corrected chi connectivity index (χ2v) is 7.05. The summed E-state index contributed by atoms with van der Waals surface area (Å²) in [5.41, 5.74) is 1.48. The van der Waals surface area contributed by atoms with Gasteiger partial charge in [0.25, 0.3) is 0 Å². The summed E-state index contributed by atoms with van der Waals surface area (Å²) in [6, 6.07) is 8.25. The number of carbonyl (C=O) groups excluding carboxylic acids is 1. The highest BCUT2D eigenvalue weighted by atomic mass is 16.2. The topological polar surface area (TPSA) is 71.8 Å². The van der Waals surface area contributed by atoms with Crippen LogP contribution in [0.4, 0.5) is 5.69 Å². The molecule has 1 atom stereocenters. The SMILES string of the molecule is Cc1ccc(NC(C)(C)C(=O)NC2CCc3nncn3CC2)cc1. The fourth-order valence-electron chi connectivity index (χ4n) is 2.97. The molecule has 0 saturated carbocycles. The number of aryl methyl sites for hydroxylation is 3. The van der Waals surface area contributed by atoms with Gasteiger partial charge in [-0.05, 0) is 45.7 Å². The van der Waals surface area contributed by atoms with Crippen LogP contribution in [-0.4, -0.2) is 32.3 Å². The van der Waals surface area contributed by atoms with Crippen molar-refractivity contribution in [3.05, 3.63) is 42.0 Å². The average Bonchev–Trinajstić information content (AvgIpc) is 2.91. The highest BCUT2D eigenvalue weighted by Gasteiger charge is 2.30. The van der Waals surface area contributed by atoms with E-state index in [9.17, 15) is 4.79 Å². The number of aromatic nitrogens is 3. The van der Waals surface area contributed by atoms with Crippen molar-refractivity contribution in [3.8, 4) is 0 Å². The number of nitrogens with zero attached hydrogens (tertiary/aromatic N) is 3. The predicted molar refractivity (Wildman–Crippen MR) is 93.8 cm³/mol. The fraction of sp³-hybridized carbons (Fsp3) is 0.500. The smallest absolute Gasteiger partial charge is 0.245 e. The van der Waals surface area contributed by atoms with Gasteiger partial charge >= 0.3 is 0 Å². The molecular formula is C18H25N5O. The van der Waals surface area contributed by atoms with E-state index in [0.717, 1.165) is 37.3 Å². The van der Waals surface area contributed by atoms with Crippen molar-refractivity contribution in [2.24, 2.45) is 0 Å². The molecule has 0 aliphatic carbocycles. The van der Waals surface area contributed by atoms with Crippen molar-refractivity contribution < 1.29 is 4.79 Å². The first-order valence-electron chi connectivity index (χ1n) is 8.46. The minimum atomic E-state index is -0.670. The third-order valence-electron chi connectivity index (χ3n) is 4.54. The van der Waals surface area contributed by atoms with Crippen LogP contribution in [0.3, 0.4) is 0 Å². The molecule has 0 bridgehead atoms. The van der Waals surface area contributed by atoms with Crippen molar-refractivity contribution >= 4 is 11.6 Å². The molecule has 2 aromatic rings. The van der Waals surface area contributed by atoms with Gasteiger partial charge in [0, 0.05) is 24.7 Å². The van der Waals surface area contributed by atoms with Crippen LogP contribution in [0.5, 0.6) is 0 Å². The Morgan fingerprint density at radius 2 is 2.00 bits per heavy atom. The minimum absolute atomic E-state index is 0.0192. The van der Waals surface area contributed by atoms with E-state index in [-0.39, 0.29) is 11.9 Å². The van der Waals surface area contributed by atoms with Crippen molar-refractivity contribution in [2.45, 2.75) is 58.2 Å². The van der Waals surface area contributed by atoms with Crippen LogP contribution in [0.2, 0.25) is 0 Å². The van der Waals surface area contributed by atoms with Crippen LogP contribution in [0.25, 0.3) is 0 Å². The number of amides is 1. The summed E-state index contributed by atoms with van der Waals surface area (Å²) in [4.78, 5) is 12.7. The number of fused-ring (bicyclic) bond motifs is 1. The van der Waals surface area contributed by atoms with Crippen LogP contribution >= 0.6 is 0 Å². The molecule has 1 unspecified atom stereocenters. The van der Waals surface area contributed by atoms with Gasteiger partial charge in [-0.15, -0.1) is 10.2 Å². The number of nitrogens with one attached hydrogen (secondary N) is 2. The molecule has 6 heteroatoms. The molecule has 2 heterocycles. The summed E-state index contributed by atoms with van der Waals surface area (Å²) < 4.78 is 2.07. The van der Waals surface area contributed by atoms with Gasteiger partial charge in [-0.25, -0.2) is 0 Å². The fourth-order valence-corrected chi connectivity index (χ4v) is 2.97. The van der Waals surface area contributed by atoms with Gasteiger partial charge in [-0.3, -0.25) is 4.79 Å². The molecule has 0 saturated heterocycles. The lowest BCUT2D eigenvalue weighted by molar-refractivity contribution is -0.125. The van der Waals surface area contributed by atoms with E-state index < -0.39 is 5.54 Å². The first-order chi connectivity index (χ1) is 11.4. The molecule has 1 aliphatic rings. The van der Waals surface area contributed by atoms with Crippen LogP contribution in [-0.2, 0) is 17.8 Å². The van der Waals surface area contributed by atoms with E-state index in [4.69, 9.17) is 0 Å². The summed E-state index contributed by atoms with van der Waals surface area (Å²) in [6.45, 7) is 6.72. The maximum Gasteiger partial charge on any atom is 0.245 e. The number of rotatable bonds is 4. The Morgan fingerprint density at radius 1 is 1.25 bits per heavy atom. The predicted octanol–water partition coefficient (Wildman–Crippen LogP) is 2.30. The number of hydrogen-bond donors (Lipinski definition) is 2. The summed E-state index contributed by atoms with van der Waals surface area (Å²) in [5, 5.41) is 14.6. The van der Waals surface area contributed by atoms with Gasteiger partial charge < -0.3 is 15.2 Å². The molecular weight excluding hydrogens is 302 g/mol. The summed E-state index contributed by atoms with van der Waals surface area (Å²) >= 11 is 0. The maximum atomic E-state index is 12.7. The largest absolute Gasteiger partial charge is 0.372 e. The molecule has 1 aromatic heterocycles. The van der Waals surface area contributed by atoms with Gasteiger partial charge in [-0.1, -0.05) is 17.7 Å². The van der Waals surface area contributed by atoms with Crippen LogP contribution in [0, 0.1) is 6.92 Å². The Kier molecular flexibility index (Phi) is 4.55. The molecule has 128 valence electrons. The zero-order valence-corrected chi connectivity index (χ0v) is 14.5. The Bertz CT molecular complexity index is 682. The molecule has 2 N–H and O–H groups in total. The summed E-state index contributed by atoms with van der Waals surface area (Å²) in [6.07, 6.45) is 4.40. The second kappa shape index (κ2) is 6.63. The third-order valence-corrected chi connectivity index (χ3v) is 4.54. The molecule has 1 aromatic carbocycles. The lowest BCUT2D eigenvalue weighted by Crippen LogP contribution is -2.51. The quantitative estimate of drug-likeness (QED) is 0.904. The van der Waals surface area contributed by atoms with Gasteiger partial charge in [0.05, 0.1) is 0 Å². The van der Waals surface area contributed by atoms with Gasteiger partial charge in [0.1, 0.15) is 17.7 Å². The standard InChI is InChI=1S/C18H25N5O/c1-13-4-6-15(7-5-13)21-18(2,3)17(24)20-14-8-9-16-22-19-12-23(16)11-10-14/h4-7,12,14,21H,8-11H2,1-3H3,(H,20,24). The van der Waals surface area contributed by atoms with Crippen LogP contribution in [0.15, 0.2) is 30.6 Å². The number of hydrogen-bond acceptors (Lipinski definition) is 4. The van der Waals surface area contributed by atoms with Gasteiger partial charge in [-0.2, -0.15) is 0 Å². The average molecular weight is 327 g/mol. The number of benzene rings is 1. The first-order valence-corrected chi connectivity index (χ1v) is 8.46. The summed E-state index contributed by atoms with van der Waals surface area (Å²) in [5.74, 6) is 1.02. The molecule has 6 nitrogen and oxygen atoms in total. The zero-order chi connectivity index (χ0) is 17.2. The van der Waals surface area contributed by atoms with Gasteiger partial charge in [0.2, 0.25) is 5.91 Å². The lowest BCUT2D eigenvalue weighted by Gasteiger charge is -2.29. The van der Waals surface area contributed by atoms with Crippen molar-refractivity contribution in [3.63, 3.8) is 0 Å². The Hall–Kier alpha value is -2.37. The molecule has 0 radical (unpaired) electrons. The van der Waals surface area contributed by atoms with E-state index in [1.165, 1.54) is 5.56 Å². The van der Waals surface area contributed by atoms with Gasteiger partial charge in [0.15, 0.2) is 0 Å². The second-order valence-electron chi connectivity index (χ2n) is 7.05. The van der Waals surface area contributed by atoms with Crippen molar-refractivity contribution in [1.29, 1.82) is 0 Å².